The van der Waals surface area contributed by atoms with Crippen LogP contribution in [0.15, 0.2) is 18.2 Å². The molecule has 0 saturated carbocycles. The number of rotatable bonds is 5. The zero-order valence-electron chi connectivity index (χ0n) is 9.70. The van der Waals surface area contributed by atoms with Gasteiger partial charge in [0.25, 0.3) is 0 Å². The number of esters is 1. The first-order valence-electron chi connectivity index (χ1n) is 5.21. The van der Waals surface area contributed by atoms with Gasteiger partial charge < -0.3 is 9.47 Å². The maximum absolute atomic E-state index is 13.4. The van der Waals surface area contributed by atoms with Crippen molar-refractivity contribution in [3.63, 3.8) is 0 Å². The maximum atomic E-state index is 13.4. The number of methoxy groups -OCH3 is 1. The quantitative estimate of drug-likeness (QED) is 0.603. The van der Waals surface area contributed by atoms with Crippen molar-refractivity contribution in [3.05, 3.63) is 29.6 Å². The van der Waals surface area contributed by atoms with E-state index in [1.165, 1.54) is 25.3 Å². The van der Waals surface area contributed by atoms with E-state index in [1.807, 2.05) is 0 Å². The fraction of sp³-hybridized carbons (Fsp3) is 0.417. The molecular weight excluding hydrogens is 247 g/mol. The van der Waals surface area contributed by atoms with E-state index in [2.05, 4.69) is 0 Å². The number of carbonyl (C=O) groups is 1. The van der Waals surface area contributed by atoms with E-state index in [0.29, 0.717) is 11.3 Å². The van der Waals surface area contributed by atoms with Crippen LogP contribution in [0.25, 0.3) is 0 Å². The summed E-state index contributed by atoms with van der Waals surface area (Å²) < 4.78 is 23.2. The summed E-state index contributed by atoms with van der Waals surface area (Å²) in [6.07, 6.45) is 0.0728. The Morgan fingerprint density at radius 3 is 2.82 bits per heavy atom. The lowest BCUT2D eigenvalue weighted by Gasteiger charge is -2.10. The Hall–Kier alpha value is -1.29. The van der Waals surface area contributed by atoms with Gasteiger partial charge in [0.05, 0.1) is 13.7 Å². The van der Waals surface area contributed by atoms with Crippen LogP contribution in [-0.4, -0.2) is 25.1 Å². The topological polar surface area (TPSA) is 35.5 Å². The summed E-state index contributed by atoms with van der Waals surface area (Å²) in [5.74, 6) is -0.439. The monoisotopic (exact) mass is 260 g/mol. The molecule has 1 unspecified atom stereocenters. The normalized spacial score (nSPS) is 12.0. The van der Waals surface area contributed by atoms with Gasteiger partial charge in [-0.15, -0.1) is 11.6 Å². The van der Waals surface area contributed by atoms with Crippen molar-refractivity contribution in [3.8, 4) is 5.75 Å². The van der Waals surface area contributed by atoms with E-state index in [1.54, 1.807) is 6.92 Å². The van der Waals surface area contributed by atoms with Crippen molar-refractivity contribution >= 4 is 17.6 Å². The lowest BCUT2D eigenvalue weighted by atomic mass is 10.1. The summed E-state index contributed by atoms with van der Waals surface area (Å²) >= 11 is 5.83. The third kappa shape index (κ3) is 3.89. The largest absolute Gasteiger partial charge is 0.497 e. The van der Waals surface area contributed by atoms with Gasteiger partial charge in [-0.25, -0.2) is 4.39 Å². The van der Waals surface area contributed by atoms with Crippen LogP contribution in [-0.2, 0) is 16.0 Å². The van der Waals surface area contributed by atoms with Gasteiger partial charge in [0.15, 0.2) is 0 Å². The van der Waals surface area contributed by atoms with Crippen molar-refractivity contribution in [1.82, 2.24) is 0 Å². The van der Waals surface area contributed by atoms with Crippen LogP contribution < -0.4 is 4.74 Å². The minimum atomic E-state index is -0.892. The molecule has 0 aliphatic carbocycles. The minimum absolute atomic E-state index is 0.0728. The number of hydrogen-bond donors (Lipinski definition) is 0. The highest BCUT2D eigenvalue weighted by molar-refractivity contribution is 6.30. The second-order valence-electron chi connectivity index (χ2n) is 3.38. The number of hydrogen-bond acceptors (Lipinski definition) is 3. The van der Waals surface area contributed by atoms with E-state index in [4.69, 9.17) is 21.1 Å². The van der Waals surface area contributed by atoms with Gasteiger partial charge in [-0.3, -0.25) is 4.79 Å². The molecule has 3 nitrogen and oxygen atoms in total. The molecule has 0 bridgehead atoms. The lowest BCUT2D eigenvalue weighted by Crippen LogP contribution is -2.20. The first kappa shape index (κ1) is 13.8. The summed E-state index contributed by atoms with van der Waals surface area (Å²) in [5, 5.41) is -0.892. The third-order valence-electron chi connectivity index (χ3n) is 2.19. The van der Waals surface area contributed by atoms with Gasteiger partial charge in [0.1, 0.15) is 16.9 Å². The van der Waals surface area contributed by atoms with E-state index in [0.717, 1.165) is 0 Å². The van der Waals surface area contributed by atoms with Crippen LogP contribution in [0.4, 0.5) is 4.39 Å². The Morgan fingerprint density at radius 1 is 1.53 bits per heavy atom. The van der Waals surface area contributed by atoms with Crippen LogP contribution in [0, 0.1) is 5.82 Å². The van der Waals surface area contributed by atoms with Gasteiger partial charge in [0.2, 0.25) is 0 Å². The smallest absolute Gasteiger partial charge is 0.324 e. The molecule has 1 atom stereocenters. The molecule has 0 aromatic heterocycles. The molecule has 5 heteroatoms. The SMILES string of the molecule is CCOC(=O)C(Cl)Cc1cc(OC)ccc1F. The maximum Gasteiger partial charge on any atom is 0.324 e. The number of benzene rings is 1. The molecule has 0 spiro atoms. The fourth-order valence-corrected chi connectivity index (χ4v) is 1.57. The number of ether oxygens (including phenoxy) is 2. The lowest BCUT2D eigenvalue weighted by molar-refractivity contribution is -0.142. The number of halogens is 2. The molecular formula is C12H14ClFO3. The highest BCUT2D eigenvalue weighted by atomic mass is 35.5. The standard InChI is InChI=1S/C12H14ClFO3/c1-3-17-12(15)10(13)7-8-6-9(16-2)4-5-11(8)14/h4-6,10H,3,7H2,1-2H3. The molecule has 94 valence electrons. The molecule has 0 N–H and O–H groups in total. The van der Waals surface area contributed by atoms with Crippen LogP contribution in [0.5, 0.6) is 5.75 Å². The van der Waals surface area contributed by atoms with E-state index in [9.17, 15) is 9.18 Å². The molecule has 0 saturated heterocycles. The van der Waals surface area contributed by atoms with Crippen LogP contribution in [0.3, 0.4) is 0 Å². The zero-order chi connectivity index (χ0) is 12.8. The summed E-state index contributed by atoms with van der Waals surface area (Å²) in [7, 11) is 1.49. The van der Waals surface area contributed by atoms with Crippen molar-refractivity contribution in [2.45, 2.75) is 18.7 Å². The first-order chi connectivity index (χ1) is 8.08. The van der Waals surface area contributed by atoms with Crippen molar-refractivity contribution in [2.24, 2.45) is 0 Å². The number of carbonyl (C=O) groups excluding carboxylic acids is 1. The average Bonchev–Trinajstić information content (AvgIpc) is 2.32. The third-order valence-corrected chi connectivity index (χ3v) is 2.53. The predicted molar refractivity (Wildman–Crippen MR) is 62.9 cm³/mol. The molecule has 0 heterocycles. The predicted octanol–water partition coefficient (Wildman–Crippen LogP) is 2.55. The molecule has 0 fully saturated rings. The molecule has 0 aliphatic heterocycles. The molecule has 0 radical (unpaired) electrons. The van der Waals surface area contributed by atoms with Crippen LogP contribution in [0.2, 0.25) is 0 Å². The summed E-state index contributed by atoms with van der Waals surface area (Å²) in [4.78, 5) is 11.3. The van der Waals surface area contributed by atoms with E-state index >= 15 is 0 Å². The Kier molecular flexibility index (Phi) is 5.22. The second-order valence-corrected chi connectivity index (χ2v) is 3.91. The fourth-order valence-electron chi connectivity index (χ4n) is 1.34. The molecule has 0 amide bonds. The van der Waals surface area contributed by atoms with Crippen molar-refractivity contribution in [1.29, 1.82) is 0 Å². The Morgan fingerprint density at radius 2 is 2.24 bits per heavy atom. The molecule has 1 aromatic rings. The highest BCUT2D eigenvalue weighted by Gasteiger charge is 2.19. The summed E-state index contributed by atoms with van der Waals surface area (Å²) in [5.41, 5.74) is 0.331. The van der Waals surface area contributed by atoms with Gasteiger partial charge in [-0.1, -0.05) is 0 Å². The van der Waals surface area contributed by atoms with E-state index < -0.39 is 17.2 Å². The van der Waals surface area contributed by atoms with Gasteiger partial charge in [0, 0.05) is 6.42 Å². The van der Waals surface area contributed by atoms with Crippen molar-refractivity contribution < 1.29 is 18.7 Å². The van der Waals surface area contributed by atoms with Gasteiger partial charge in [-0.2, -0.15) is 0 Å². The summed E-state index contributed by atoms with van der Waals surface area (Å²) in [6.45, 7) is 1.94. The summed E-state index contributed by atoms with van der Waals surface area (Å²) in [6, 6.07) is 4.30. The Bertz CT molecular complexity index is 395. The molecule has 17 heavy (non-hydrogen) atoms. The second kappa shape index (κ2) is 6.45. The zero-order valence-corrected chi connectivity index (χ0v) is 10.5. The molecule has 1 aromatic carbocycles. The Labute approximate surface area is 104 Å². The van der Waals surface area contributed by atoms with Gasteiger partial charge in [-0.05, 0) is 30.7 Å². The van der Waals surface area contributed by atoms with Gasteiger partial charge >= 0.3 is 5.97 Å². The molecule has 0 aliphatic rings. The first-order valence-corrected chi connectivity index (χ1v) is 5.65. The van der Waals surface area contributed by atoms with Crippen molar-refractivity contribution in [2.75, 3.05) is 13.7 Å². The highest BCUT2D eigenvalue weighted by Crippen LogP contribution is 2.19. The number of alkyl halides is 1. The van der Waals surface area contributed by atoms with Crippen LogP contribution >= 0.6 is 11.6 Å². The minimum Gasteiger partial charge on any atom is -0.497 e. The Balaban J connectivity index is 2.76. The molecule has 1 rings (SSSR count). The van der Waals surface area contributed by atoms with E-state index in [-0.39, 0.29) is 13.0 Å². The average molecular weight is 261 g/mol. The van der Waals surface area contributed by atoms with Crippen LogP contribution in [0.1, 0.15) is 12.5 Å².